The van der Waals surface area contributed by atoms with E-state index in [2.05, 4.69) is 26.8 Å². The molecule has 0 saturated heterocycles. The summed E-state index contributed by atoms with van der Waals surface area (Å²) in [4.78, 5) is 0. The van der Waals surface area contributed by atoms with Crippen molar-refractivity contribution < 1.29 is 8.42 Å². The first-order valence-electron chi connectivity index (χ1n) is 6.27. The minimum absolute atomic E-state index is 0.145. The SMILES string of the molecule is CC(C)(C)C/C=C/CCS(=O)(=O)CC(C)(C)C. The van der Waals surface area contributed by atoms with Gasteiger partial charge in [-0.05, 0) is 23.7 Å². The highest BCUT2D eigenvalue weighted by Crippen LogP contribution is 2.19. The van der Waals surface area contributed by atoms with Crippen LogP contribution >= 0.6 is 0 Å². The molecule has 0 spiro atoms. The maximum atomic E-state index is 11.8. The Balaban J connectivity index is 4.05. The fraction of sp³-hybridized carbons (Fsp3) is 0.857. The molecule has 17 heavy (non-hydrogen) atoms. The third-order valence-corrected chi connectivity index (χ3v) is 4.31. The summed E-state index contributed by atoms with van der Waals surface area (Å²) in [7, 11) is -2.91. The van der Waals surface area contributed by atoms with Gasteiger partial charge >= 0.3 is 0 Å². The molecule has 0 aliphatic carbocycles. The zero-order chi connectivity index (χ0) is 13.7. The molecule has 2 nitrogen and oxygen atoms in total. The van der Waals surface area contributed by atoms with Crippen molar-refractivity contribution in [3.05, 3.63) is 12.2 Å². The second kappa shape index (κ2) is 6.03. The molecule has 0 aromatic heterocycles. The first kappa shape index (κ1) is 16.7. The molecule has 0 unspecified atom stereocenters. The first-order valence-corrected chi connectivity index (χ1v) is 8.09. The Morgan fingerprint density at radius 3 is 1.82 bits per heavy atom. The van der Waals surface area contributed by atoms with Crippen LogP contribution in [0.25, 0.3) is 0 Å². The summed E-state index contributed by atoms with van der Waals surface area (Å²) < 4.78 is 23.5. The summed E-state index contributed by atoms with van der Waals surface area (Å²) in [5, 5.41) is 0. The van der Waals surface area contributed by atoms with Gasteiger partial charge in [-0.1, -0.05) is 53.7 Å². The fourth-order valence-electron chi connectivity index (χ4n) is 1.53. The quantitative estimate of drug-likeness (QED) is 0.704. The van der Waals surface area contributed by atoms with E-state index in [9.17, 15) is 8.42 Å². The van der Waals surface area contributed by atoms with Gasteiger partial charge in [0.25, 0.3) is 0 Å². The molecule has 3 heteroatoms. The topological polar surface area (TPSA) is 34.1 Å². The summed E-state index contributed by atoms with van der Waals surface area (Å²) in [6.07, 6.45) is 5.71. The van der Waals surface area contributed by atoms with Crippen molar-refractivity contribution in [2.75, 3.05) is 11.5 Å². The minimum atomic E-state index is -2.91. The number of allylic oxidation sites excluding steroid dienone is 2. The van der Waals surface area contributed by atoms with E-state index in [1.165, 1.54) is 0 Å². The van der Waals surface area contributed by atoms with Gasteiger partial charge in [0.2, 0.25) is 0 Å². The fourth-order valence-corrected chi connectivity index (χ4v) is 3.49. The number of hydrogen-bond donors (Lipinski definition) is 0. The minimum Gasteiger partial charge on any atom is -0.229 e. The van der Waals surface area contributed by atoms with E-state index in [4.69, 9.17) is 0 Å². The zero-order valence-electron chi connectivity index (χ0n) is 12.2. The van der Waals surface area contributed by atoms with Gasteiger partial charge in [0, 0.05) is 0 Å². The second-order valence-corrected chi connectivity index (χ2v) is 9.36. The normalized spacial score (nSPS) is 14.5. The third-order valence-electron chi connectivity index (χ3n) is 2.15. The molecule has 0 aliphatic rings. The summed E-state index contributed by atoms with van der Waals surface area (Å²) in [5.41, 5.74) is 0.134. The lowest BCUT2D eigenvalue weighted by Gasteiger charge is -2.17. The Hall–Kier alpha value is -0.310. The molecule has 0 radical (unpaired) electrons. The predicted molar refractivity (Wildman–Crippen MR) is 75.9 cm³/mol. The molecule has 0 N–H and O–H groups in total. The summed E-state index contributed by atoms with van der Waals surface area (Å²) in [6.45, 7) is 12.4. The Labute approximate surface area is 107 Å². The maximum absolute atomic E-state index is 11.8. The summed E-state index contributed by atoms with van der Waals surface area (Å²) >= 11 is 0. The molecule has 0 bridgehead atoms. The number of hydrogen-bond acceptors (Lipinski definition) is 2. The maximum Gasteiger partial charge on any atom is 0.151 e. The monoisotopic (exact) mass is 260 g/mol. The van der Waals surface area contributed by atoms with Gasteiger partial charge in [-0.25, -0.2) is 8.42 Å². The van der Waals surface area contributed by atoms with E-state index < -0.39 is 9.84 Å². The predicted octanol–water partition coefficient (Wildman–Crippen LogP) is 3.83. The Morgan fingerprint density at radius 1 is 0.882 bits per heavy atom. The van der Waals surface area contributed by atoms with Crippen LogP contribution in [-0.2, 0) is 9.84 Å². The van der Waals surface area contributed by atoms with E-state index >= 15 is 0 Å². The van der Waals surface area contributed by atoms with Crippen molar-refractivity contribution in [3.8, 4) is 0 Å². The van der Waals surface area contributed by atoms with Crippen LogP contribution in [0.15, 0.2) is 12.2 Å². The highest BCUT2D eigenvalue weighted by Gasteiger charge is 2.20. The molecular formula is C14H28O2S. The van der Waals surface area contributed by atoms with Crippen molar-refractivity contribution in [3.63, 3.8) is 0 Å². The molecule has 0 aromatic carbocycles. The van der Waals surface area contributed by atoms with Crippen LogP contribution in [0.4, 0.5) is 0 Å². The van der Waals surface area contributed by atoms with E-state index in [0.29, 0.717) is 6.42 Å². The third kappa shape index (κ3) is 11.9. The number of sulfone groups is 1. The Kier molecular flexibility index (Phi) is 5.92. The molecule has 0 aliphatic heterocycles. The Bertz CT molecular complexity index is 337. The van der Waals surface area contributed by atoms with Crippen molar-refractivity contribution in [2.24, 2.45) is 10.8 Å². The first-order chi connectivity index (χ1) is 7.41. The Morgan fingerprint density at radius 2 is 1.41 bits per heavy atom. The van der Waals surface area contributed by atoms with Crippen LogP contribution in [0.1, 0.15) is 54.4 Å². The van der Waals surface area contributed by atoms with Gasteiger partial charge in [-0.3, -0.25) is 0 Å². The largest absolute Gasteiger partial charge is 0.229 e. The van der Waals surface area contributed by atoms with Crippen LogP contribution in [0.3, 0.4) is 0 Å². The van der Waals surface area contributed by atoms with Crippen LogP contribution in [0.5, 0.6) is 0 Å². The number of rotatable bonds is 5. The van der Waals surface area contributed by atoms with Gasteiger partial charge in [0.05, 0.1) is 11.5 Å². The van der Waals surface area contributed by atoms with Crippen LogP contribution in [0, 0.1) is 10.8 Å². The van der Waals surface area contributed by atoms with Crippen molar-refractivity contribution in [1.82, 2.24) is 0 Å². The lowest BCUT2D eigenvalue weighted by Crippen LogP contribution is -2.22. The lowest BCUT2D eigenvalue weighted by atomic mass is 9.92. The smallest absolute Gasteiger partial charge is 0.151 e. The summed E-state index contributed by atoms with van der Waals surface area (Å²) in [5.74, 6) is 0.540. The van der Waals surface area contributed by atoms with Gasteiger partial charge in [-0.2, -0.15) is 0 Å². The standard InChI is InChI=1S/C14H28O2S/c1-13(2,3)10-8-7-9-11-17(15,16)12-14(4,5)6/h7-8H,9-12H2,1-6H3/b8-7+. The molecule has 0 aromatic rings. The highest BCUT2D eigenvalue weighted by molar-refractivity contribution is 7.91. The zero-order valence-corrected chi connectivity index (χ0v) is 13.0. The molecule has 0 rings (SSSR count). The van der Waals surface area contributed by atoms with Gasteiger partial charge in [0.15, 0.2) is 9.84 Å². The molecule has 0 fully saturated rings. The highest BCUT2D eigenvalue weighted by atomic mass is 32.2. The van der Waals surface area contributed by atoms with Crippen LogP contribution in [-0.4, -0.2) is 19.9 Å². The van der Waals surface area contributed by atoms with E-state index in [-0.39, 0.29) is 22.3 Å². The van der Waals surface area contributed by atoms with Gasteiger partial charge in [0.1, 0.15) is 0 Å². The lowest BCUT2D eigenvalue weighted by molar-refractivity contribution is 0.420. The van der Waals surface area contributed by atoms with Crippen LogP contribution in [0.2, 0.25) is 0 Å². The van der Waals surface area contributed by atoms with Gasteiger partial charge in [-0.15, -0.1) is 0 Å². The average Bonchev–Trinajstić information content (AvgIpc) is 1.95. The molecule has 0 amide bonds. The van der Waals surface area contributed by atoms with E-state index in [1.54, 1.807) is 0 Å². The van der Waals surface area contributed by atoms with Crippen LogP contribution < -0.4 is 0 Å². The molecular weight excluding hydrogens is 232 g/mol. The summed E-state index contributed by atoms with van der Waals surface area (Å²) in [6, 6.07) is 0. The van der Waals surface area contributed by atoms with Crippen molar-refractivity contribution in [2.45, 2.75) is 54.4 Å². The van der Waals surface area contributed by atoms with E-state index in [0.717, 1.165) is 6.42 Å². The molecule has 0 atom stereocenters. The van der Waals surface area contributed by atoms with Crippen molar-refractivity contribution >= 4 is 9.84 Å². The second-order valence-electron chi connectivity index (χ2n) is 7.18. The average molecular weight is 260 g/mol. The van der Waals surface area contributed by atoms with E-state index in [1.807, 2.05) is 26.8 Å². The molecule has 0 heterocycles. The van der Waals surface area contributed by atoms with Crippen molar-refractivity contribution in [1.29, 1.82) is 0 Å². The molecule has 0 saturated carbocycles. The molecule has 102 valence electrons. The van der Waals surface area contributed by atoms with Gasteiger partial charge < -0.3 is 0 Å².